The molecule has 0 fully saturated rings. The number of aromatic nitrogens is 1. The number of nitrogens with zero attached hydrogens (tertiary/aromatic N) is 1. The van der Waals surface area contributed by atoms with Crippen molar-refractivity contribution in [3.63, 3.8) is 0 Å². The molecule has 0 amide bonds. The second kappa shape index (κ2) is 7.63. The molecule has 1 aromatic heterocycles. The first-order valence-electron chi connectivity index (χ1n) is 7.61. The third-order valence-corrected chi connectivity index (χ3v) is 6.94. The van der Waals surface area contributed by atoms with Gasteiger partial charge in [-0.15, -0.1) is 0 Å². The second-order valence-electron chi connectivity index (χ2n) is 5.63. The molecule has 0 unspecified atom stereocenters. The van der Waals surface area contributed by atoms with E-state index in [0.29, 0.717) is 10.8 Å². The van der Waals surface area contributed by atoms with Gasteiger partial charge in [0.25, 0.3) is 20.0 Å². The highest BCUT2D eigenvalue weighted by molar-refractivity contribution is 7.93. The van der Waals surface area contributed by atoms with Crippen molar-refractivity contribution in [3.8, 4) is 0 Å². The Morgan fingerprint density at radius 2 is 1.57 bits per heavy atom. The van der Waals surface area contributed by atoms with Crippen LogP contribution in [0.15, 0.2) is 62.8 Å². The average molecular weight is 462 g/mol. The third-order valence-electron chi connectivity index (χ3n) is 3.47. The maximum absolute atomic E-state index is 12.5. The van der Waals surface area contributed by atoms with Crippen molar-refractivity contribution < 1.29 is 21.4 Å². The lowest BCUT2D eigenvalue weighted by Gasteiger charge is -2.11. The Morgan fingerprint density at radius 3 is 2.14 bits per heavy atom. The maximum atomic E-state index is 12.5. The van der Waals surface area contributed by atoms with Crippen LogP contribution in [0.2, 0.25) is 10.0 Å². The van der Waals surface area contributed by atoms with Gasteiger partial charge in [-0.2, -0.15) is 0 Å². The molecular formula is C16H13Cl2N3O5S2. The summed E-state index contributed by atoms with van der Waals surface area (Å²) < 4.78 is 59.0. The molecule has 0 aliphatic rings. The van der Waals surface area contributed by atoms with Crippen LogP contribution in [0.3, 0.4) is 0 Å². The van der Waals surface area contributed by atoms with Crippen LogP contribution in [0, 0.1) is 6.92 Å². The Kier molecular flexibility index (Phi) is 5.57. The molecule has 0 saturated carbocycles. The normalized spacial score (nSPS) is 12.0. The summed E-state index contributed by atoms with van der Waals surface area (Å²) in [5.41, 5.74) is 0.155. The summed E-state index contributed by atoms with van der Waals surface area (Å²) >= 11 is 11.7. The maximum Gasteiger partial charge on any atom is 0.263 e. The van der Waals surface area contributed by atoms with Crippen molar-refractivity contribution in [2.24, 2.45) is 0 Å². The van der Waals surface area contributed by atoms with E-state index < -0.39 is 20.0 Å². The van der Waals surface area contributed by atoms with Gasteiger partial charge >= 0.3 is 0 Å². The molecule has 148 valence electrons. The van der Waals surface area contributed by atoms with Gasteiger partial charge in [0.2, 0.25) is 0 Å². The zero-order valence-electron chi connectivity index (χ0n) is 14.2. The fourth-order valence-corrected chi connectivity index (χ4v) is 5.03. The van der Waals surface area contributed by atoms with Gasteiger partial charge < -0.3 is 4.52 Å². The van der Waals surface area contributed by atoms with E-state index in [1.807, 2.05) is 0 Å². The Labute approximate surface area is 171 Å². The zero-order valence-corrected chi connectivity index (χ0v) is 17.3. The van der Waals surface area contributed by atoms with Crippen LogP contribution in [0.5, 0.6) is 0 Å². The highest BCUT2D eigenvalue weighted by Crippen LogP contribution is 2.27. The summed E-state index contributed by atoms with van der Waals surface area (Å²) in [4.78, 5) is -0.237. The first-order chi connectivity index (χ1) is 13.1. The van der Waals surface area contributed by atoms with E-state index in [4.69, 9.17) is 27.7 Å². The lowest BCUT2D eigenvalue weighted by molar-refractivity contribution is 0.400. The molecule has 0 aliphatic heterocycles. The highest BCUT2D eigenvalue weighted by atomic mass is 35.5. The monoisotopic (exact) mass is 461 g/mol. The van der Waals surface area contributed by atoms with Crippen LogP contribution in [0.1, 0.15) is 5.76 Å². The van der Waals surface area contributed by atoms with Gasteiger partial charge in [-0.25, -0.2) is 16.8 Å². The largest absolute Gasteiger partial charge is 0.360 e. The topological polar surface area (TPSA) is 118 Å². The van der Waals surface area contributed by atoms with E-state index in [-0.39, 0.29) is 26.3 Å². The minimum Gasteiger partial charge on any atom is -0.360 e. The van der Waals surface area contributed by atoms with Crippen LogP contribution in [0.25, 0.3) is 0 Å². The molecule has 0 spiro atoms. The molecule has 2 N–H and O–H groups in total. The minimum atomic E-state index is -3.98. The molecule has 0 radical (unpaired) electrons. The fourth-order valence-electron chi connectivity index (χ4n) is 2.22. The standard InChI is InChI=1S/C16H13Cl2N3O5S2/c1-10-8-16(19-26-10)21-27(22,23)13-5-3-12(4-6-13)20-28(24,25)15-7-2-11(17)9-14(15)18/h2-9,20H,1H3,(H,19,21). The molecule has 0 saturated heterocycles. The van der Waals surface area contributed by atoms with E-state index in [0.717, 1.165) is 0 Å². The third kappa shape index (κ3) is 4.58. The number of nitrogens with one attached hydrogen (secondary N) is 2. The Hall–Kier alpha value is -2.27. The molecule has 0 atom stereocenters. The molecule has 2 aromatic carbocycles. The second-order valence-corrected chi connectivity index (χ2v) is 9.81. The summed E-state index contributed by atoms with van der Waals surface area (Å²) in [6.45, 7) is 1.62. The minimum absolute atomic E-state index is 0.0358. The van der Waals surface area contributed by atoms with E-state index >= 15 is 0 Å². The average Bonchev–Trinajstić information content (AvgIpc) is 2.98. The molecule has 1 heterocycles. The lowest BCUT2D eigenvalue weighted by Crippen LogP contribution is -2.15. The van der Waals surface area contributed by atoms with Crippen molar-refractivity contribution in [1.29, 1.82) is 0 Å². The van der Waals surface area contributed by atoms with E-state index in [1.165, 1.54) is 48.5 Å². The highest BCUT2D eigenvalue weighted by Gasteiger charge is 2.20. The van der Waals surface area contributed by atoms with Crippen molar-refractivity contribution in [2.45, 2.75) is 16.7 Å². The van der Waals surface area contributed by atoms with Crippen LogP contribution < -0.4 is 9.44 Å². The van der Waals surface area contributed by atoms with Crippen LogP contribution in [-0.2, 0) is 20.0 Å². The van der Waals surface area contributed by atoms with E-state index in [1.54, 1.807) is 6.92 Å². The molecule has 0 aliphatic carbocycles. The van der Waals surface area contributed by atoms with Crippen LogP contribution in [-0.4, -0.2) is 22.0 Å². The van der Waals surface area contributed by atoms with Gasteiger partial charge in [-0.3, -0.25) is 9.44 Å². The van der Waals surface area contributed by atoms with Gasteiger partial charge in [0.1, 0.15) is 10.7 Å². The molecule has 28 heavy (non-hydrogen) atoms. The summed E-state index contributed by atoms with van der Waals surface area (Å²) in [5, 5.41) is 3.83. The molecule has 12 heteroatoms. The number of sulfonamides is 2. The lowest BCUT2D eigenvalue weighted by atomic mass is 10.3. The number of hydrogen-bond acceptors (Lipinski definition) is 6. The SMILES string of the molecule is Cc1cc(NS(=O)(=O)c2ccc(NS(=O)(=O)c3ccc(Cl)cc3Cl)cc2)no1. The van der Waals surface area contributed by atoms with Crippen molar-refractivity contribution in [1.82, 2.24) is 5.16 Å². The van der Waals surface area contributed by atoms with Gasteiger partial charge in [0.05, 0.1) is 9.92 Å². The quantitative estimate of drug-likeness (QED) is 0.574. The Balaban J connectivity index is 1.80. The van der Waals surface area contributed by atoms with Gasteiger partial charge in [-0.05, 0) is 49.4 Å². The number of benzene rings is 2. The number of halogens is 2. The summed E-state index contributed by atoms with van der Waals surface area (Å²) in [6.07, 6.45) is 0. The van der Waals surface area contributed by atoms with E-state index in [9.17, 15) is 16.8 Å². The van der Waals surface area contributed by atoms with Gasteiger partial charge in [0.15, 0.2) is 5.82 Å². The number of hydrogen-bond donors (Lipinski definition) is 2. The van der Waals surface area contributed by atoms with Crippen LogP contribution in [0.4, 0.5) is 11.5 Å². The summed E-state index contributed by atoms with van der Waals surface area (Å²) in [6, 6.07) is 10.5. The molecular weight excluding hydrogens is 449 g/mol. The van der Waals surface area contributed by atoms with Crippen molar-refractivity contribution in [2.75, 3.05) is 9.44 Å². The van der Waals surface area contributed by atoms with Crippen molar-refractivity contribution >= 4 is 54.8 Å². The van der Waals surface area contributed by atoms with Crippen molar-refractivity contribution in [3.05, 3.63) is 64.3 Å². The number of rotatable bonds is 6. The smallest absolute Gasteiger partial charge is 0.263 e. The number of anilines is 2. The summed E-state index contributed by atoms with van der Waals surface area (Å²) in [7, 11) is -7.89. The van der Waals surface area contributed by atoms with Gasteiger partial charge in [-0.1, -0.05) is 28.4 Å². The Bertz CT molecular complexity index is 1220. The number of aryl methyl sites for hydroxylation is 1. The zero-order chi connectivity index (χ0) is 20.5. The molecule has 3 rings (SSSR count). The molecule has 0 bridgehead atoms. The predicted molar refractivity (Wildman–Crippen MR) is 106 cm³/mol. The molecule has 8 nitrogen and oxygen atoms in total. The fraction of sp³-hybridized carbons (Fsp3) is 0.0625. The first-order valence-corrected chi connectivity index (χ1v) is 11.3. The predicted octanol–water partition coefficient (Wildman–Crippen LogP) is 3.89. The first kappa shape index (κ1) is 20.5. The van der Waals surface area contributed by atoms with Crippen LogP contribution >= 0.6 is 23.2 Å². The Morgan fingerprint density at radius 1 is 0.893 bits per heavy atom. The van der Waals surface area contributed by atoms with Gasteiger partial charge in [0, 0.05) is 16.8 Å². The van der Waals surface area contributed by atoms with E-state index in [2.05, 4.69) is 14.6 Å². The summed E-state index contributed by atoms with van der Waals surface area (Å²) in [5.74, 6) is 0.489. The molecule has 3 aromatic rings.